The topological polar surface area (TPSA) is 59.2 Å². The summed E-state index contributed by atoms with van der Waals surface area (Å²) in [4.78, 5) is 19.2. The molecule has 1 aliphatic carbocycles. The fourth-order valence-corrected chi connectivity index (χ4v) is 2.70. The molecule has 1 saturated carbocycles. The van der Waals surface area contributed by atoms with Crippen LogP contribution in [-0.2, 0) is 0 Å². The molecule has 0 radical (unpaired) electrons. The number of benzene rings is 1. The molecule has 1 unspecified atom stereocenters. The highest BCUT2D eigenvalue weighted by Gasteiger charge is 2.28. The molecule has 1 aromatic heterocycles. The van der Waals surface area contributed by atoms with E-state index in [9.17, 15) is 4.79 Å². The SMILES string of the molecule is CC(CN)N(C)C(=O)c1cc(C2CC2)nc2ccc(Cl)cc12. The molecular formula is C17H20ClN3O. The molecule has 1 fully saturated rings. The summed E-state index contributed by atoms with van der Waals surface area (Å²) in [5.74, 6) is 0.457. The lowest BCUT2D eigenvalue weighted by atomic mass is 10.0. The van der Waals surface area contributed by atoms with E-state index >= 15 is 0 Å². The van der Waals surface area contributed by atoms with Crippen LogP contribution in [0.2, 0.25) is 5.02 Å². The lowest BCUT2D eigenvalue weighted by Gasteiger charge is -2.24. The zero-order valence-electron chi connectivity index (χ0n) is 12.8. The lowest BCUT2D eigenvalue weighted by Crippen LogP contribution is -2.39. The zero-order valence-corrected chi connectivity index (χ0v) is 13.6. The molecule has 1 heterocycles. The molecule has 2 N–H and O–H groups in total. The third-order valence-electron chi connectivity index (χ3n) is 4.34. The highest BCUT2D eigenvalue weighted by Crippen LogP contribution is 2.40. The van der Waals surface area contributed by atoms with Crippen molar-refractivity contribution in [2.45, 2.75) is 31.7 Å². The fourth-order valence-electron chi connectivity index (χ4n) is 2.53. The minimum Gasteiger partial charge on any atom is -0.338 e. The number of carbonyl (C=O) groups excluding carboxylic acids is 1. The Hall–Kier alpha value is -1.65. The Balaban J connectivity index is 2.13. The van der Waals surface area contributed by atoms with Crippen LogP contribution in [0.5, 0.6) is 0 Å². The number of nitrogens with two attached hydrogens (primary N) is 1. The van der Waals surface area contributed by atoms with Gasteiger partial charge in [0.05, 0.1) is 11.1 Å². The molecule has 2 aromatic rings. The summed E-state index contributed by atoms with van der Waals surface area (Å²) in [6.45, 7) is 2.37. The van der Waals surface area contributed by atoms with Gasteiger partial charge in [-0.15, -0.1) is 0 Å². The first-order valence-corrected chi connectivity index (χ1v) is 7.96. The number of halogens is 1. The van der Waals surface area contributed by atoms with E-state index in [1.54, 1.807) is 11.9 Å². The second kappa shape index (κ2) is 5.86. The van der Waals surface area contributed by atoms with E-state index in [0.29, 0.717) is 23.0 Å². The molecule has 0 spiro atoms. The minimum atomic E-state index is -0.0329. The molecule has 5 heteroatoms. The van der Waals surface area contributed by atoms with Crippen LogP contribution in [0.15, 0.2) is 24.3 Å². The Morgan fingerprint density at radius 3 is 2.82 bits per heavy atom. The van der Waals surface area contributed by atoms with Crippen LogP contribution in [0.25, 0.3) is 10.9 Å². The summed E-state index contributed by atoms with van der Waals surface area (Å²) in [7, 11) is 1.79. The van der Waals surface area contributed by atoms with Crippen LogP contribution in [0, 0.1) is 0 Å². The van der Waals surface area contributed by atoms with Gasteiger partial charge >= 0.3 is 0 Å². The van der Waals surface area contributed by atoms with E-state index in [1.807, 2.05) is 31.2 Å². The molecule has 0 aliphatic heterocycles. The summed E-state index contributed by atoms with van der Waals surface area (Å²) in [5, 5.41) is 1.41. The largest absolute Gasteiger partial charge is 0.338 e. The second-order valence-corrected chi connectivity index (χ2v) is 6.47. The van der Waals surface area contributed by atoms with Gasteiger partial charge in [-0.2, -0.15) is 0 Å². The van der Waals surface area contributed by atoms with Gasteiger partial charge in [-0.25, -0.2) is 0 Å². The number of nitrogens with zero attached hydrogens (tertiary/aromatic N) is 2. The van der Waals surface area contributed by atoms with Crippen molar-refractivity contribution in [2.75, 3.05) is 13.6 Å². The Bertz CT molecular complexity index is 727. The van der Waals surface area contributed by atoms with Gasteiger partial charge < -0.3 is 10.6 Å². The van der Waals surface area contributed by atoms with E-state index in [1.165, 1.54) is 0 Å². The smallest absolute Gasteiger partial charge is 0.254 e. The van der Waals surface area contributed by atoms with Crippen molar-refractivity contribution in [2.24, 2.45) is 5.73 Å². The highest BCUT2D eigenvalue weighted by molar-refractivity contribution is 6.31. The monoisotopic (exact) mass is 317 g/mol. The third kappa shape index (κ3) is 2.81. The molecule has 22 heavy (non-hydrogen) atoms. The van der Waals surface area contributed by atoms with E-state index in [4.69, 9.17) is 22.3 Å². The van der Waals surface area contributed by atoms with Crippen LogP contribution >= 0.6 is 11.6 Å². The summed E-state index contributed by atoms with van der Waals surface area (Å²) < 4.78 is 0. The number of hydrogen-bond acceptors (Lipinski definition) is 3. The van der Waals surface area contributed by atoms with Crippen LogP contribution < -0.4 is 5.73 Å². The maximum absolute atomic E-state index is 12.9. The summed E-state index contributed by atoms with van der Waals surface area (Å²) in [6.07, 6.45) is 2.30. The second-order valence-electron chi connectivity index (χ2n) is 6.03. The average Bonchev–Trinajstić information content (AvgIpc) is 3.36. The van der Waals surface area contributed by atoms with Crippen molar-refractivity contribution < 1.29 is 4.79 Å². The van der Waals surface area contributed by atoms with Gasteiger partial charge in [-0.3, -0.25) is 9.78 Å². The molecular weight excluding hydrogens is 298 g/mol. The van der Waals surface area contributed by atoms with Crippen molar-refractivity contribution in [1.29, 1.82) is 0 Å². The van der Waals surface area contributed by atoms with Gasteiger partial charge in [-0.1, -0.05) is 11.6 Å². The van der Waals surface area contributed by atoms with Gasteiger partial charge in [0.2, 0.25) is 0 Å². The molecule has 1 atom stereocenters. The van der Waals surface area contributed by atoms with Gasteiger partial charge in [-0.05, 0) is 44.0 Å². The first-order valence-electron chi connectivity index (χ1n) is 7.58. The van der Waals surface area contributed by atoms with Crippen molar-refractivity contribution >= 4 is 28.4 Å². The van der Waals surface area contributed by atoms with Crippen molar-refractivity contribution in [3.63, 3.8) is 0 Å². The number of fused-ring (bicyclic) bond motifs is 1. The molecule has 0 bridgehead atoms. The molecule has 3 rings (SSSR count). The zero-order chi connectivity index (χ0) is 15.9. The minimum absolute atomic E-state index is 0.0146. The van der Waals surface area contributed by atoms with Crippen LogP contribution in [0.3, 0.4) is 0 Å². The van der Waals surface area contributed by atoms with E-state index in [-0.39, 0.29) is 11.9 Å². The lowest BCUT2D eigenvalue weighted by molar-refractivity contribution is 0.0750. The van der Waals surface area contributed by atoms with Crippen LogP contribution in [0.1, 0.15) is 41.7 Å². The number of rotatable bonds is 4. The average molecular weight is 318 g/mol. The Morgan fingerprint density at radius 1 is 1.45 bits per heavy atom. The quantitative estimate of drug-likeness (QED) is 0.942. The van der Waals surface area contributed by atoms with Gasteiger partial charge in [0.15, 0.2) is 0 Å². The standard InChI is InChI=1S/C17H20ClN3O/c1-10(9-19)21(2)17(22)14-8-16(11-3-4-11)20-15-6-5-12(18)7-13(14)15/h5-8,10-11H,3-4,9,19H2,1-2H3. The summed E-state index contributed by atoms with van der Waals surface area (Å²) in [5.41, 5.74) is 8.18. The Labute approximate surface area is 135 Å². The van der Waals surface area contributed by atoms with E-state index < -0.39 is 0 Å². The number of hydrogen-bond donors (Lipinski definition) is 1. The predicted octanol–water partition coefficient (Wildman–Crippen LogP) is 3.18. The van der Waals surface area contributed by atoms with E-state index in [2.05, 4.69) is 0 Å². The summed E-state index contributed by atoms with van der Waals surface area (Å²) in [6, 6.07) is 7.42. The molecule has 1 aliphatic rings. The molecule has 0 saturated heterocycles. The van der Waals surface area contributed by atoms with Gasteiger partial charge in [0.1, 0.15) is 0 Å². The normalized spacial score (nSPS) is 15.8. The van der Waals surface area contributed by atoms with E-state index in [0.717, 1.165) is 29.4 Å². The number of aromatic nitrogens is 1. The number of pyridine rings is 1. The van der Waals surface area contributed by atoms with Crippen LogP contribution in [0.4, 0.5) is 0 Å². The van der Waals surface area contributed by atoms with Crippen LogP contribution in [-0.4, -0.2) is 35.4 Å². The fraction of sp³-hybridized carbons (Fsp3) is 0.412. The molecule has 116 valence electrons. The van der Waals surface area contributed by atoms with Crippen molar-refractivity contribution in [1.82, 2.24) is 9.88 Å². The Kier molecular flexibility index (Phi) is 4.06. The number of likely N-dealkylation sites (N-methyl/N-ethyl adjacent to an activating group) is 1. The molecule has 1 aromatic carbocycles. The summed E-state index contributed by atoms with van der Waals surface area (Å²) >= 11 is 6.11. The predicted molar refractivity (Wildman–Crippen MR) is 89.3 cm³/mol. The highest BCUT2D eigenvalue weighted by atomic mass is 35.5. The first kappa shape index (κ1) is 15.3. The van der Waals surface area contributed by atoms with Crippen molar-refractivity contribution in [3.8, 4) is 0 Å². The molecule has 1 amide bonds. The molecule has 4 nitrogen and oxygen atoms in total. The Morgan fingerprint density at radius 2 is 2.18 bits per heavy atom. The number of amides is 1. The van der Waals surface area contributed by atoms with Crippen molar-refractivity contribution in [3.05, 3.63) is 40.5 Å². The number of carbonyl (C=O) groups is 1. The first-order chi connectivity index (χ1) is 10.5. The van der Waals surface area contributed by atoms with Gasteiger partial charge in [0, 0.05) is 41.7 Å². The maximum atomic E-state index is 12.9. The van der Waals surface area contributed by atoms with Gasteiger partial charge in [0.25, 0.3) is 5.91 Å². The maximum Gasteiger partial charge on any atom is 0.254 e. The third-order valence-corrected chi connectivity index (χ3v) is 4.57.